The maximum atomic E-state index is 6.10. The molecule has 2 rings (SSSR count). The largest absolute Gasteiger partial charge is 0.311 e. The van der Waals surface area contributed by atoms with Crippen LogP contribution in [0.15, 0.2) is 18.3 Å². The fraction of sp³-hybridized carbons (Fsp3) is 0.455. The van der Waals surface area contributed by atoms with Crippen LogP contribution in [0.25, 0.3) is 11.2 Å². The van der Waals surface area contributed by atoms with Crippen LogP contribution < -0.4 is 0 Å². The minimum atomic E-state index is -0.0780. The molecule has 3 nitrogen and oxygen atoms in total. The van der Waals surface area contributed by atoms with Crippen LogP contribution in [0, 0.1) is 0 Å². The lowest BCUT2D eigenvalue weighted by Gasteiger charge is -2.07. The second-order valence-electron chi connectivity index (χ2n) is 3.58. The molecule has 0 aliphatic rings. The Kier molecular flexibility index (Phi) is 2.91. The van der Waals surface area contributed by atoms with E-state index >= 15 is 0 Å². The number of alkyl halides is 1. The lowest BCUT2D eigenvalue weighted by atomic mass is 10.4. The predicted molar refractivity (Wildman–Crippen MR) is 62.1 cm³/mol. The molecule has 0 aromatic carbocycles. The van der Waals surface area contributed by atoms with Gasteiger partial charge in [-0.2, -0.15) is 0 Å². The Morgan fingerprint density at radius 2 is 2.33 bits per heavy atom. The molecule has 0 fully saturated rings. The Hall–Kier alpha value is -1.09. The van der Waals surface area contributed by atoms with Crippen LogP contribution in [0.3, 0.4) is 0 Å². The molecule has 1 unspecified atom stereocenters. The Morgan fingerprint density at radius 3 is 3.00 bits per heavy atom. The zero-order chi connectivity index (χ0) is 10.8. The molecule has 0 spiro atoms. The number of halogens is 1. The summed E-state index contributed by atoms with van der Waals surface area (Å²) in [7, 11) is 0. The van der Waals surface area contributed by atoms with Gasteiger partial charge in [0.05, 0.1) is 5.38 Å². The average molecular weight is 224 g/mol. The first-order valence-electron chi connectivity index (χ1n) is 5.19. The summed E-state index contributed by atoms with van der Waals surface area (Å²) in [6.45, 7) is 4.99. The number of hydrogen-bond acceptors (Lipinski definition) is 2. The predicted octanol–water partition coefficient (Wildman–Crippen LogP) is 3.14. The molecule has 0 radical (unpaired) electrons. The summed E-state index contributed by atoms with van der Waals surface area (Å²) < 4.78 is 2.10. The van der Waals surface area contributed by atoms with Gasteiger partial charge >= 0.3 is 0 Å². The number of hydrogen-bond donors (Lipinski definition) is 0. The summed E-state index contributed by atoms with van der Waals surface area (Å²) in [5.41, 5.74) is 1.86. The number of nitrogens with zero attached hydrogens (tertiary/aromatic N) is 3. The van der Waals surface area contributed by atoms with E-state index in [4.69, 9.17) is 11.6 Å². The maximum absolute atomic E-state index is 6.10. The average Bonchev–Trinajstić information content (AvgIpc) is 2.58. The second-order valence-corrected chi connectivity index (χ2v) is 4.24. The van der Waals surface area contributed by atoms with Gasteiger partial charge in [-0.1, -0.05) is 6.92 Å². The summed E-state index contributed by atoms with van der Waals surface area (Å²) in [6.07, 6.45) is 2.84. The molecule has 1 atom stereocenters. The Morgan fingerprint density at radius 1 is 1.53 bits per heavy atom. The van der Waals surface area contributed by atoms with Crippen LogP contribution in [-0.2, 0) is 6.54 Å². The quantitative estimate of drug-likeness (QED) is 0.749. The van der Waals surface area contributed by atoms with Gasteiger partial charge in [0.25, 0.3) is 0 Å². The summed E-state index contributed by atoms with van der Waals surface area (Å²) in [6, 6.07) is 3.87. The van der Waals surface area contributed by atoms with E-state index in [1.54, 1.807) is 6.20 Å². The first-order chi connectivity index (χ1) is 7.24. The minimum Gasteiger partial charge on any atom is -0.311 e. The van der Waals surface area contributed by atoms with E-state index in [0.717, 1.165) is 30.0 Å². The molecule has 15 heavy (non-hydrogen) atoms. The molecule has 0 N–H and O–H groups in total. The highest BCUT2D eigenvalue weighted by Crippen LogP contribution is 2.23. The summed E-state index contributed by atoms with van der Waals surface area (Å²) in [4.78, 5) is 8.84. The monoisotopic (exact) mass is 223 g/mol. The second kappa shape index (κ2) is 4.19. The minimum absolute atomic E-state index is 0.0780. The van der Waals surface area contributed by atoms with Gasteiger partial charge in [0.15, 0.2) is 5.65 Å². The van der Waals surface area contributed by atoms with E-state index in [9.17, 15) is 0 Å². The molecule has 2 heterocycles. The third-order valence-corrected chi connectivity index (χ3v) is 2.53. The van der Waals surface area contributed by atoms with Crippen molar-refractivity contribution in [3.05, 3.63) is 24.2 Å². The SMILES string of the molecule is CCCn1c(C(C)Cl)nc2cccnc21. The van der Waals surface area contributed by atoms with E-state index in [2.05, 4.69) is 21.5 Å². The highest BCUT2D eigenvalue weighted by Gasteiger charge is 2.14. The number of pyridine rings is 1. The molecule has 0 saturated carbocycles. The van der Waals surface area contributed by atoms with E-state index in [-0.39, 0.29) is 5.38 Å². The third-order valence-electron chi connectivity index (χ3n) is 2.34. The van der Waals surface area contributed by atoms with Crippen molar-refractivity contribution in [2.75, 3.05) is 0 Å². The zero-order valence-electron chi connectivity index (χ0n) is 8.94. The molecule has 0 aliphatic heterocycles. The van der Waals surface area contributed by atoms with Gasteiger partial charge in [-0.25, -0.2) is 9.97 Å². The molecule has 0 aliphatic carbocycles. The molecule has 0 amide bonds. The first-order valence-corrected chi connectivity index (χ1v) is 5.63. The molecule has 80 valence electrons. The van der Waals surface area contributed by atoms with Crippen LogP contribution in [0.1, 0.15) is 31.5 Å². The lowest BCUT2D eigenvalue weighted by Crippen LogP contribution is -2.04. The van der Waals surface area contributed by atoms with E-state index in [0.29, 0.717) is 0 Å². The molecular formula is C11H14ClN3. The summed E-state index contributed by atoms with van der Waals surface area (Å²) >= 11 is 6.10. The van der Waals surface area contributed by atoms with Gasteiger partial charge in [0, 0.05) is 12.7 Å². The van der Waals surface area contributed by atoms with Crippen LogP contribution in [-0.4, -0.2) is 14.5 Å². The van der Waals surface area contributed by atoms with Gasteiger partial charge in [-0.3, -0.25) is 0 Å². The first kappa shape index (κ1) is 10.4. The number of fused-ring (bicyclic) bond motifs is 1. The molecule has 0 saturated heterocycles. The Bertz CT molecular complexity index is 462. The van der Waals surface area contributed by atoms with Crippen LogP contribution in [0.2, 0.25) is 0 Å². The van der Waals surface area contributed by atoms with Gasteiger partial charge in [-0.15, -0.1) is 11.6 Å². The number of aryl methyl sites for hydroxylation is 1. The van der Waals surface area contributed by atoms with Gasteiger partial charge < -0.3 is 4.57 Å². The molecule has 0 bridgehead atoms. The molecule has 2 aromatic heterocycles. The van der Waals surface area contributed by atoms with Crippen molar-refractivity contribution in [2.45, 2.75) is 32.2 Å². The van der Waals surface area contributed by atoms with Crippen molar-refractivity contribution < 1.29 is 0 Å². The van der Waals surface area contributed by atoms with Crippen LogP contribution in [0.5, 0.6) is 0 Å². The maximum Gasteiger partial charge on any atom is 0.160 e. The van der Waals surface area contributed by atoms with Crippen molar-refractivity contribution in [3.63, 3.8) is 0 Å². The van der Waals surface area contributed by atoms with E-state index in [1.807, 2.05) is 19.1 Å². The van der Waals surface area contributed by atoms with Gasteiger partial charge in [0.2, 0.25) is 0 Å². The normalized spacial score (nSPS) is 13.3. The van der Waals surface area contributed by atoms with E-state index < -0.39 is 0 Å². The van der Waals surface area contributed by atoms with E-state index in [1.165, 1.54) is 0 Å². The van der Waals surface area contributed by atoms with Crippen molar-refractivity contribution in [2.24, 2.45) is 0 Å². The van der Waals surface area contributed by atoms with Crippen molar-refractivity contribution in [1.29, 1.82) is 0 Å². The molecular weight excluding hydrogens is 210 g/mol. The Labute approximate surface area is 94.1 Å². The fourth-order valence-electron chi connectivity index (χ4n) is 1.72. The van der Waals surface area contributed by atoms with Crippen LogP contribution >= 0.6 is 11.6 Å². The lowest BCUT2D eigenvalue weighted by molar-refractivity contribution is 0.650. The molecule has 4 heteroatoms. The van der Waals surface area contributed by atoms with Crippen LogP contribution in [0.4, 0.5) is 0 Å². The van der Waals surface area contributed by atoms with Gasteiger partial charge in [0.1, 0.15) is 11.3 Å². The Balaban J connectivity index is 2.63. The van der Waals surface area contributed by atoms with Crippen molar-refractivity contribution >= 4 is 22.8 Å². The standard InChI is InChI=1S/C11H14ClN3/c1-3-7-15-10(8(2)12)14-9-5-4-6-13-11(9)15/h4-6,8H,3,7H2,1-2H3. The van der Waals surface area contributed by atoms with Gasteiger partial charge in [-0.05, 0) is 25.5 Å². The number of aromatic nitrogens is 3. The van der Waals surface area contributed by atoms with Crippen molar-refractivity contribution in [3.8, 4) is 0 Å². The topological polar surface area (TPSA) is 30.7 Å². The summed E-state index contributed by atoms with van der Waals surface area (Å²) in [5.74, 6) is 0.909. The highest BCUT2D eigenvalue weighted by molar-refractivity contribution is 6.20. The molecule has 2 aromatic rings. The highest BCUT2D eigenvalue weighted by atomic mass is 35.5. The van der Waals surface area contributed by atoms with Crippen molar-refractivity contribution in [1.82, 2.24) is 14.5 Å². The number of imidazole rings is 1. The summed E-state index contributed by atoms with van der Waals surface area (Å²) in [5, 5.41) is -0.0780. The fourth-order valence-corrected chi connectivity index (χ4v) is 1.89. The third kappa shape index (κ3) is 1.84. The number of rotatable bonds is 3. The zero-order valence-corrected chi connectivity index (χ0v) is 9.70. The smallest absolute Gasteiger partial charge is 0.160 e.